The third-order valence-corrected chi connectivity index (χ3v) is 2.62. The summed E-state index contributed by atoms with van der Waals surface area (Å²) in [5, 5.41) is 7.93. The van der Waals surface area contributed by atoms with Crippen molar-refractivity contribution in [2.24, 2.45) is 0 Å². The van der Waals surface area contributed by atoms with Crippen molar-refractivity contribution in [2.45, 2.75) is 11.9 Å². The van der Waals surface area contributed by atoms with Crippen molar-refractivity contribution in [3.8, 4) is 0 Å². The maximum Gasteiger partial charge on any atom is 0.418 e. The van der Waals surface area contributed by atoms with Gasteiger partial charge in [0.15, 0.2) is 5.03 Å². The summed E-state index contributed by atoms with van der Waals surface area (Å²) in [5.74, 6) is 0. The SMILES string of the molecule is Cc1ccc(S(=O)(=O)NC(=O)O)nc1. The average Bonchev–Trinajstić information content (AvgIpc) is 2.02. The highest BCUT2D eigenvalue weighted by molar-refractivity contribution is 7.90. The van der Waals surface area contributed by atoms with E-state index in [-0.39, 0.29) is 5.03 Å². The monoisotopic (exact) mass is 216 g/mol. The van der Waals surface area contributed by atoms with Gasteiger partial charge >= 0.3 is 6.09 Å². The van der Waals surface area contributed by atoms with E-state index in [9.17, 15) is 13.2 Å². The van der Waals surface area contributed by atoms with E-state index in [1.807, 2.05) is 0 Å². The number of nitrogens with zero attached hydrogens (tertiary/aromatic N) is 1. The average molecular weight is 216 g/mol. The van der Waals surface area contributed by atoms with E-state index in [0.717, 1.165) is 5.56 Å². The lowest BCUT2D eigenvalue weighted by molar-refractivity contribution is 0.201. The first-order chi connectivity index (χ1) is 6.42. The molecule has 0 atom stereocenters. The van der Waals surface area contributed by atoms with Crippen LogP contribution in [0.3, 0.4) is 0 Å². The van der Waals surface area contributed by atoms with Gasteiger partial charge in [-0.05, 0) is 18.6 Å². The van der Waals surface area contributed by atoms with Crippen LogP contribution in [0, 0.1) is 6.92 Å². The summed E-state index contributed by atoms with van der Waals surface area (Å²) < 4.78 is 23.8. The molecular formula is C7H8N2O4S. The lowest BCUT2D eigenvalue weighted by Crippen LogP contribution is -2.29. The molecule has 1 aromatic heterocycles. The molecule has 0 bridgehead atoms. The predicted molar refractivity (Wildman–Crippen MR) is 47.3 cm³/mol. The first kappa shape index (κ1) is 10.5. The molecule has 0 radical (unpaired) electrons. The summed E-state index contributed by atoms with van der Waals surface area (Å²) in [6, 6.07) is 2.77. The number of sulfonamides is 1. The Morgan fingerprint density at radius 3 is 2.57 bits per heavy atom. The molecule has 0 fully saturated rings. The third-order valence-electron chi connectivity index (χ3n) is 1.38. The van der Waals surface area contributed by atoms with Crippen LogP contribution in [0.2, 0.25) is 0 Å². The van der Waals surface area contributed by atoms with Gasteiger partial charge in [-0.3, -0.25) is 0 Å². The molecule has 0 spiro atoms. The topological polar surface area (TPSA) is 96.4 Å². The predicted octanol–water partition coefficient (Wildman–Crippen LogP) is 0.346. The van der Waals surface area contributed by atoms with Crippen molar-refractivity contribution in [1.29, 1.82) is 0 Å². The fraction of sp³-hybridized carbons (Fsp3) is 0.143. The third kappa shape index (κ3) is 2.43. The molecular weight excluding hydrogens is 208 g/mol. The zero-order valence-corrected chi connectivity index (χ0v) is 8.08. The molecule has 6 nitrogen and oxygen atoms in total. The molecule has 1 amide bonds. The summed E-state index contributed by atoms with van der Waals surface area (Å²) in [4.78, 5) is 13.7. The van der Waals surface area contributed by atoms with Crippen molar-refractivity contribution >= 4 is 16.1 Å². The molecule has 0 aromatic carbocycles. The van der Waals surface area contributed by atoms with Crippen LogP contribution in [0.25, 0.3) is 0 Å². The van der Waals surface area contributed by atoms with E-state index in [4.69, 9.17) is 5.11 Å². The van der Waals surface area contributed by atoms with E-state index >= 15 is 0 Å². The van der Waals surface area contributed by atoms with Gasteiger partial charge in [0.1, 0.15) is 0 Å². The van der Waals surface area contributed by atoms with Gasteiger partial charge in [0.2, 0.25) is 0 Å². The van der Waals surface area contributed by atoms with E-state index in [0.29, 0.717) is 0 Å². The lowest BCUT2D eigenvalue weighted by Gasteiger charge is -2.01. The molecule has 0 aliphatic heterocycles. The zero-order valence-electron chi connectivity index (χ0n) is 7.26. The standard InChI is InChI=1S/C7H8N2O4S/c1-5-2-3-6(8-4-5)14(12,13)9-7(10)11/h2-4,9H,1H3,(H,10,11). The van der Waals surface area contributed by atoms with Crippen LogP contribution in [0.5, 0.6) is 0 Å². The molecule has 0 aliphatic carbocycles. The van der Waals surface area contributed by atoms with Crippen LogP contribution in [0.15, 0.2) is 23.4 Å². The van der Waals surface area contributed by atoms with Crippen LogP contribution in [-0.4, -0.2) is 24.6 Å². The van der Waals surface area contributed by atoms with Crippen molar-refractivity contribution < 1.29 is 18.3 Å². The Balaban J connectivity index is 3.05. The summed E-state index contributed by atoms with van der Waals surface area (Å²) in [5.41, 5.74) is 0.791. The second kappa shape index (κ2) is 3.62. The number of hydrogen-bond acceptors (Lipinski definition) is 4. The van der Waals surface area contributed by atoms with E-state index in [2.05, 4.69) is 4.98 Å². The van der Waals surface area contributed by atoms with Gasteiger partial charge in [-0.15, -0.1) is 0 Å². The molecule has 2 N–H and O–H groups in total. The molecule has 1 rings (SSSR count). The van der Waals surface area contributed by atoms with E-state index in [1.54, 1.807) is 6.92 Å². The highest BCUT2D eigenvalue weighted by Gasteiger charge is 2.17. The quantitative estimate of drug-likeness (QED) is 0.743. The molecule has 1 aromatic rings. The number of carbonyl (C=O) groups is 1. The maximum atomic E-state index is 11.2. The Bertz CT molecular complexity index is 437. The van der Waals surface area contributed by atoms with Gasteiger partial charge in [0.05, 0.1) is 0 Å². The minimum Gasteiger partial charge on any atom is -0.464 e. The molecule has 14 heavy (non-hydrogen) atoms. The maximum absolute atomic E-state index is 11.2. The van der Waals surface area contributed by atoms with Gasteiger partial charge in [-0.1, -0.05) is 6.07 Å². The minimum atomic E-state index is -4.04. The Kier molecular flexibility index (Phi) is 2.70. The largest absolute Gasteiger partial charge is 0.464 e. The number of hydrogen-bond donors (Lipinski definition) is 2. The fourth-order valence-electron chi connectivity index (χ4n) is 0.780. The van der Waals surface area contributed by atoms with Crippen LogP contribution in [0.1, 0.15) is 5.56 Å². The molecule has 7 heteroatoms. The first-order valence-corrected chi connectivity index (χ1v) is 5.08. The number of aryl methyl sites for hydroxylation is 1. The number of rotatable bonds is 2. The Labute approximate surface area is 80.6 Å². The Morgan fingerprint density at radius 1 is 1.50 bits per heavy atom. The summed E-state index contributed by atoms with van der Waals surface area (Å²) in [6.45, 7) is 1.74. The lowest BCUT2D eigenvalue weighted by atomic mass is 10.3. The minimum absolute atomic E-state index is 0.314. The van der Waals surface area contributed by atoms with Gasteiger partial charge < -0.3 is 5.11 Å². The van der Waals surface area contributed by atoms with Crippen molar-refractivity contribution in [1.82, 2.24) is 9.71 Å². The number of nitrogens with one attached hydrogen (secondary N) is 1. The zero-order chi connectivity index (χ0) is 10.8. The summed E-state index contributed by atoms with van der Waals surface area (Å²) >= 11 is 0. The van der Waals surface area contributed by atoms with Gasteiger partial charge in [0.25, 0.3) is 10.0 Å². The Morgan fingerprint density at radius 2 is 2.14 bits per heavy atom. The number of carboxylic acid groups (broad SMARTS) is 1. The molecule has 0 unspecified atom stereocenters. The molecule has 0 saturated carbocycles. The first-order valence-electron chi connectivity index (χ1n) is 3.60. The fourth-order valence-corrected chi connectivity index (χ4v) is 1.55. The number of pyridine rings is 1. The number of amides is 1. The van der Waals surface area contributed by atoms with E-state index in [1.165, 1.54) is 23.1 Å². The number of aromatic nitrogens is 1. The van der Waals surface area contributed by atoms with Gasteiger partial charge in [-0.25, -0.2) is 14.5 Å². The van der Waals surface area contributed by atoms with Crippen molar-refractivity contribution in [3.05, 3.63) is 23.9 Å². The smallest absolute Gasteiger partial charge is 0.418 e. The van der Waals surface area contributed by atoms with Crippen LogP contribution in [-0.2, 0) is 10.0 Å². The van der Waals surface area contributed by atoms with Crippen molar-refractivity contribution in [2.75, 3.05) is 0 Å². The van der Waals surface area contributed by atoms with Crippen LogP contribution < -0.4 is 4.72 Å². The molecule has 76 valence electrons. The molecule has 1 heterocycles. The summed E-state index contributed by atoms with van der Waals surface area (Å²) in [7, 11) is -4.04. The van der Waals surface area contributed by atoms with E-state index < -0.39 is 16.1 Å². The van der Waals surface area contributed by atoms with Crippen LogP contribution >= 0.6 is 0 Å². The summed E-state index contributed by atoms with van der Waals surface area (Å²) in [6.07, 6.45) is -0.288. The van der Waals surface area contributed by atoms with Crippen molar-refractivity contribution in [3.63, 3.8) is 0 Å². The highest BCUT2D eigenvalue weighted by atomic mass is 32.2. The highest BCUT2D eigenvalue weighted by Crippen LogP contribution is 2.05. The molecule has 0 saturated heterocycles. The van der Waals surface area contributed by atoms with Gasteiger partial charge in [0, 0.05) is 6.20 Å². The van der Waals surface area contributed by atoms with Gasteiger partial charge in [-0.2, -0.15) is 8.42 Å². The Hall–Kier alpha value is -1.63. The van der Waals surface area contributed by atoms with Crippen LogP contribution in [0.4, 0.5) is 4.79 Å². The second-order valence-electron chi connectivity index (χ2n) is 2.58. The normalized spacial score (nSPS) is 10.9. The molecule has 0 aliphatic rings. The second-order valence-corrected chi connectivity index (χ2v) is 4.21.